The Morgan fingerprint density at radius 1 is 0.923 bits per heavy atom. The second-order valence-corrected chi connectivity index (χ2v) is 8.48. The average molecular weight is 421 g/mol. The van der Waals surface area contributed by atoms with Crippen LogP contribution in [-0.4, -0.2) is 18.3 Å². The highest BCUT2D eigenvalue weighted by Gasteiger charge is 2.52. The van der Waals surface area contributed by atoms with Gasteiger partial charge < -0.3 is 14.0 Å². The van der Waals surface area contributed by atoms with Crippen molar-refractivity contribution in [3.63, 3.8) is 0 Å². The molecule has 3 rings (SSSR count). The first-order chi connectivity index (χ1) is 12.2. The molecule has 1 fully saturated rings. The Morgan fingerprint density at radius 3 is 2.08 bits per heavy atom. The Kier molecular flexibility index (Phi) is 5.59. The molecule has 138 valence electrons. The zero-order valence-electron chi connectivity index (χ0n) is 15.5. The van der Waals surface area contributed by atoms with E-state index in [-0.39, 0.29) is 5.82 Å². The summed E-state index contributed by atoms with van der Waals surface area (Å²) < 4.78 is 33.1. The van der Waals surface area contributed by atoms with E-state index in [0.29, 0.717) is 18.7 Å². The predicted molar refractivity (Wildman–Crippen MR) is 105 cm³/mol. The number of ether oxygens (including phenoxy) is 1. The van der Waals surface area contributed by atoms with Crippen molar-refractivity contribution in [2.24, 2.45) is 0 Å². The standard InChI is InChI=1S/C20H23BBrFO3/c1-19(2)20(3,4)26-21(25-19)17-11-15(7-10-18(17)23)13-24-12-14-5-8-16(22)9-6-14/h5-11H,12-13H2,1-4H3. The SMILES string of the molecule is CC1(C)OB(c2cc(COCc3ccc(Br)cc3)ccc2F)OC1(C)C. The van der Waals surface area contributed by atoms with E-state index in [1.165, 1.54) is 6.07 Å². The van der Waals surface area contributed by atoms with Gasteiger partial charge in [-0.15, -0.1) is 0 Å². The molecular weight excluding hydrogens is 398 g/mol. The van der Waals surface area contributed by atoms with Crippen molar-refractivity contribution in [1.82, 2.24) is 0 Å². The number of hydrogen-bond acceptors (Lipinski definition) is 3. The molecule has 3 nitrogen and oxygen atoms in total. The molecule has 0 saturated carbocycles. The molecule has 1 heterocycles. The highest BCUT2D eigenvalue weighted by atomic mass is 79.9. The lowest BCUT2D eigenvalue weighted by Gasteiger charge is -2.32. The Labute approximate surface area is 163 Å². The van der Waals surface area contributed by atoms with E-state index in [0.717, 1.165) is 15.6 Å². The van der Waals surface area contributed by atoms with Gasteiger partial charge in [-0.25, -0.2) is 4.39 Å². The molecule has 0 unspecified atom stereocenters. The largest absolute Gasteiger partial charge is 0.497 e. The fourth-order valence-corrected chi connectivity index (χ4v) is 2.97. The van der Waals surface area contributed by atoms with Gasteiger partial charge in [0.1, 0.15) is 5.82 Å². The van der Waals surface area contributed by atoms with E-state index < -0.39 is 18.3 Å². The number of halogens is 2. The van der Waals surface area contributed by atoms with Crippen molar-refractivity contribution in [2.45, 2.75) is 52.1 Å². The summed E-state index contributed by atoms with van der Waals surface area (Å²) in [7, 11) is -0.716. The summed E-state index contributed by atoms with van der Waals surface area (Å²) in [5.41, 5.74) is 1.37. The molecule has 2 aromatic rings. The van der Waals surface area contributed by atoms with Gasteiger partial charge >= 0.3 is 7.12 Å². The minimum Gasteiger partial charge on any atom is -0.399 e. The first-order valence-corrected chi connectivity index (χ1v) is 9.43. The van der Waals surface area contributed by atoms with Crippen molar-refractivity contribution in [1.29, 1.82) is 0 Å². The van der Waals surface area contributed by atoms with Crippen molar-refractivity contribution in [3.8, 4) is 0 Å². The predicted octanol–water partition coefficient (Wildman–Crippen LogP) is 4.60. The fraction of sp³-hybridized carbons (Fsp3) is 0.400. The van der Waals surface area contributed by atoms with Crippen LogP contribution >= 0.6 is 15.9 Å². The summed E-state index contributed by atoms with van der Waals surface area (Å²) in [6.45, 7) is 8.71. The van der Waals surface area contributed by atoms with Crippen LogP contribution in [0.3, 0.4) is 0 Å². The summed E-state index contributed by atoms with van der Waals surface area (Å²) in [4.78, 5) is 0. The van der Waals surface area contributed by atoms with Gasteiger partial charge in [0.2, 0.25) is 0 Å². The third kappa shape index (κ3) is 4.20. The zero-order valence-corrected chi connectivity index (χ0v) is 17.1. The molecule has 0 amide bonds. The van der Waals surface area contributed by atoms with E-state index in [9.17, 15) is 4.39 Å². The maximum atomic E-state index is 14.3. The van der Waals surface area contributed by atoms with Gasteiger partial charge in [-0.05, 0) is 57.0 Å². The number of hydrogen-bond donors (Lipinski definition) is 0. The van der Waals surface area contributed by atoms with E-state index in [1.54, 1.807) is 12.1 Å². The lowest BCUT2D eigenvalue weighted by molar-refractivity contribution is 0.00578. The number of rotatable bonds is 5. The van der Waals surface area contributed by atoms with E-state index >= 15 is 0 Å². The second-order valence-electron chi connectivity index (χ2n) is 7.56. The van der Waals surface area contributed by atoms with Crippen LogP contribution in [0.2, 0.25) is 0 Å². The molecule has 1 aliphatic heterocycles. The highest BCUT2D eigenvalue weighted by Crippen LogP contribution is 2.36. The first kappa shape index (κ1) is 19.6. The molecule has 26 heavy (non-hydrogen) atoms. The van der Waals surface area contributed by atoms with E-state index in [4.69, 9.17) is 14.0 Å². The van der Waals surface area contributed by atoms with Crippen molar-refractivity contribution in [3.05, 3.63) is 63.9 Å². The molecule has 0 spiro atoms. The third-order valence-corrected chi connectivity index (χ3v) is 5.55. The van der Waals surface area contributed by atoms with Crippen LogP contribution in [0.15, 0.2) is 46.9 Å². The van der Waals surface area contributed by atoms with Crippen LogP contribution in [0.5, 0.6) is 0 Å². The summed E-state index contributed by atoms with van der Waals surface area (Å²) >= 11 is 3.41. The second kappa shape index (κ2) is 7.43. The topological polar surface area (TPSA) is 27.7 Å². The minimum atomic E-state index is -0.716. The van der Waals surface area contributed by atoms with Gasteiger partial charge in [0.05, 0.1) is 24.4 Å². The maximum absolute atomic E-state index is 14.3. The molecule has 2 aromatic carbocycles. The molecule has 0 bridgehead atoms. The first-order valence-electron chi connectivity index (χ1n) is 8.64. The van der Waals surface area contributed by atoms with Gasteiger partial charge in [0.15, 0.2) is 0 Å². The summed E-state index contributed by atoms with van der Waals surface area (Å²) in [5, 5.41) is 0. The average Bonchev–Trinajstić information content (AvgIpc) is 2.78. The molecule has 6 heteroatoms. The number of benzene rings is 2. The summed E-state index contributed by atoms with van der Waals surface area (Å²) in [6, 6.07) is 12.9. The maximum Gasteiger partial charge on any atom is 0.497 e. The smallest absolute Gasteiger partial charge is 0.399 e. The molecule has 1 saturated heterocycles. The minimum absolute atomic E-state index is 0.333. The van der Waals surface area contributed by atoms with E-state index in [2.05, 4.69) is 15.9 Å². The molecule has 0 aromatic heterocycles. The Hall–Kier alpha value is -1.21. The van der Waals surface area contributed by atoms with Crippen molar-refractivity contribution < 1.29 is 18.4 Å². The van der Waals surface area contributed by atoms with Crippen LogP contribution in [0, 0.1) is 5.82 Å². The van der Waals surface area contributed by atoms with Gasteiger partial charge in [0, 0.05) is 9.94 Å². The third-order valence-electron chi connectivity index (χ3n) is 5.02. The highest BCUT2D eigenvalue weighted by molar-refractivity contribution is 9.10. The molecule has 1 aliphatic rings. The Morgan fingerprint density at radius 2 is 1.46 bits per heavy atom. The van der Waals surface area contributed by atoms with Crippen LogP contribution in [0.25, 0.3) is 0 Å². The molecular formula is C20H23BBrFO3. The summed E-state index contributed by atoms with van der Waals surface area (Å²) in [6.07, 6.45) is 0. The van der Waals surface area contributed by atoms with Gasteiger partial charge in [-0.2, -0.15) is 0 Å². The van der Waals surface area contributed by atoms with Gasteiger partial charge in [-0.3, -0.25) is 0 Å². The normalized spacial score (nSPS) is 18.3. The van der Waals surface area contributed by atoms with Crippen LogP contribution < -0.4 is 5.46 Å². The molecule has 0 aliphatic carbocycles. The Bertz CT molecular complexity index is 761. The summed E-state index contributed by atoms with van der Waals surface area (Å²) in [5.74, 6) is -0.333. The monoisotopic (exact) mass is 420 g/mol. The van der Waals surface area contributed by atoms with Crippen LogP contribution in [-0.2, 0) is 27.3 Å². The van der Waals surface area contributed by atoms with Gasteiger partial charge in [0.25, 0.3) is 0 Å². The molecule has 0 radical (unpaired) electrons. The lowest BCUT2D eigenvalue weighted by atomic mass is 9.78. The van der Waals surface area contributed by atoms with Crippen LogP contribution in [0.4, 0.5) is 4.39 Å². The van der Waals surface area contributed by atoms with Gasteiger partial charge in [-0.1, -0.05) is 40.2 Å². The van der Waals surface area contributed by atoms with E-state index in [1.807, 2.05) is 52.0 Å². The quantitative estimate of drug-likeness (QED) is 0.661. The Balaban J connectivity index is 1.67. The molecule has 0 N–H and O–H groups in total. The van der Waals surface area contributed by atoms with Crippen LogP contribution in [0.1, 0.15) is 38.8 Å². The fourth-order valence-electron chi connectivity index (χ4n) is 2.70. The lowest BCUT2D eigenvalue weighted by Crippen LogP contribution is -2.41. The van der Waals surface area contributed by atoms with Crippen molar-refractivity contribution in [2.75, 3.05) is 0 Å². The molecule has 0 atom stereocenters. The van der Waals surface area contributed by atoms with Crippen molar-refractivity contribution >= 4 is 28.5 Å². The zero-order chi connectivity index (χ0) is 18.9.